The van der Waals surface area contributed by atoms with Crippen LogP contribution in [0.1, 0.15) is 51.9 Å². The van der Waals surface area contributed by atoms with Gasteiger partial charge < -0.3 is 0 Å². The molecule has 1 unspecified atom stereocenters. The monoisotopic (exact) mass is 233 g/mol. The molecule has 4 fully saturated rings. The van der Waals surface area contributed by atoms with E-state index in [1.165, 1.54) is 38.5 Å². The second-order valence-corrected chi connectivity index (χ2v) is 7.18. The lowest BCUT2D eigenvalue weighted by molar-refractivity contribution is -0.0656. The fourth-order valence-corrected chi connectivity index (χ4v) is 5.38. The molecular weight excluding hydrogens is 210 g/mol. The number of rotatable bonds is 3. The molecule has 3 nitrogen and oxygen atoms in total. The third-order valence-electron chi connectivity index (χ3n) is 5.46. The first kappa shape index (κ1) is 11.5. The van der Waals surface area contributed by atoms with E-state index in [1.54, 1.807) is 0 Å². The highest BCUT2D eigenvalue weighted by atomic mass is 15.3. The normalized spacial score (nSPS) is 46.5. The standard InChI is InChI=1S/C14H23N3/c1-13(9-15,17-16)8-14-5-10-2-11(6-14)4-12(3-10)7-14/h10-12,17H,2-8,16H2,1H3. The van der Waals surface area contributed by atoms with Crippen LogP contribution in [0.25, 0.3) is 0 Å². The summed E-state index contributed by atoms with van der Waals surface area (Å²) in [4.78, 5) is 0. The average molecular weight is 233 g/mol. The van der Waals surface area contributed by atoms with Gasteiger partial charge in [0, 0.05) is 0 Å². The van der Waals surface area contributed by atoms with Gasteiger partial charge in [-0.15, -0.1) is 0 Å². The quantitative estimate of drug-likeness (QED) is 0.581. The maximum absolute atomic E-state index is 9.29. The van der Waals surface area contributed by atoms with Crippen molar-refractivity contribution in [2.45, 2.75) is 57.4 Å². The molecule has 4 bridgehead atoms. The van der Waals surface area contributed by atoms with Crippen LogP contribution < -0.4 is 11.3 Å². The maximum Gasteiger partial charge on any atom is 0.116 e. The predicted octanol–water partition coefficient (Wildman–Crippen LogP) is 2.34. The molecule has 3 N–H and O–H groups in total. The third-order valence-corrected chi connectivity index (χ3v) is 5.46. The minimum atomic E-state index is -0.536. The topological polar surface area (TPSA) is 61.8 Å². The molecule has 0 saturated heterocycles. The van der Waals surface area contributed by atoms with E-state index in [1.807, 2.05) is 6.92 Å². The Balaban J connectivity index is 1.81. The van der Waals surface area contributed by atoms with E-state index in [4.69, 9.17) is 5.84 Å². The Kier molecular flexibility index (Phi) is 2.50. The van der Waals surface area contributed by atoms with Crippen molar-refractivity contribution in [2.24, 2.45) is 29.0 Å². The summed E-state index contributed by atoms with van der Waals surface area (Å²) < 4.78 is 0. The Hall–Kier alpha value is -0.590. The largest absolute Gasteiger partial charge is 0.270 e. The van der Waals surface area contributed by atoms with Gasteiger partial charge in [-0.2, -0.15) is 5.26 Å². The van der Waals surface area contributed by atoms with Gasteiger partial charge in [0.2, 0.25) is 0 Å². The zero-order valence-electron chi connectivity index (χ0n) is 10.7. The number of nitrogens with one attached hydrogen (secondary N) is 1. The van der Waals surface area contributed by atoms with Crippen molar-refractivity contribution in [1.29, 1.82) is 5.26 Å². The molecule has 3 heteroatoms. The second kappa shape index (κ2) is 3.70. The molecule has 4 aliphatic rings. The van der Waals surface area contributed by atoms with Crippen molar-refractivity contribution in [1.82, 2.24) is 5.43 Å². The van der Waals surface area contributed by atoms with E-state index < -0.39 is 5.54 Å². The lowest BCUT2D eigenvalue weighted by Gasteiger charge is -2.58. The summed E-state index contributed by atoms with van der Waals surface area (Å²) in [7, 11) is 0. The van der Waals surface area contributed by atoms with Crippen molar-refractivity contribution in [3.63, 3.8) is 0 Å². The number of hydrogen-bond donors (Lipinski definition) is 2. The first-order valence-corrected chi connectivity index (χ1v) is 6.95. The molecule has 94 valence electrons. The Morgan fingerprint density at radius 1 is 1.24 bits per heavy atom. The molecular formula is C14H23N3. The van der Waals surface area contributed by atoms with Gasteiger partial charge in [-0.3, -0.25) is 5.84 Å². The van der Waals surface area contributed by atoms with Crippen LogP contribution in [0.3, 0.4) is 0 Å². The summed E-state index contributed by atoms with van der Waals surface area (Å²) in [6.07, 6.45) is 9.35. The molecule has 4 saturated carbocycles. The van der Waals surface area contributed by atoms with Crippen molar-refractivity contribution in [3.8, 4) is 6.07 Å². The minimum Gasteiger partial charge on any atom is -0.270 e. The van der Waals surface area contributed by atoms with Gasteiger partial charge in [0.05, 0.1) is 6.07 Å². The number of nitrogens with zero attached hydrogens (tertiary/aromatic N) is 1. The predicted molar refractivity (Wildman–Crippen MR) is 66.6 cm³/mol. The van der Waals surface area contributed by atoms with Crippen LogP contribution in [0, 0.1) is 34.5 Å². The van der Waals surface area contributed by atoms with Crippen LogP contribution >= 0.6 is 0 Å². The highest BCUT2D eigenvalue weighted by molar-refractivity contribution is 5.10. The van der Waals surface area contributed by atoms with Crippen LogP contribution in [-0.2, 0) is 0 Å². The molecule has 4 rings (SSSR count). The summed E-state index contributed by atoms with van der Waals surface area (Å²) in [6, 6.07) is 2.37. The summed E-state index contributed by atoms with van der Waals surface area (Å²) in [5.41, 5.74) is 2.63. The Labute approximate surface area is 104 Å². The van der Waals surface area contributed by atoms with Crippen molar-refractivity contribution < 1.29 is 0 Å². The average Bonchev–Trinajstić information content (AvgIpc) is 2.26. The van der Waals surface area contributed by atoms with E-state index in [0.29, 0.717) is 5.41 Å². The zero-order chi connectivity index (χ0) is 12.1. The Bertz CT molecular complexity index is 322. The number of hydrazine groups is 1. The number of nitriles is 1. The smallest absolute Gasteiger partial charge is 0.116 e. The molecule has 0 aliphatic heterocycles. The summed E-state index contributed by atoms with van der Waals surface area (Å²) in [5.74, 6) is 8.41. The van der Waals surface area contributed by atoms with Crippen LogP contribution in [0.15, 0.2) is 0 Å². The minimum absolute atomic E-state index is 0.422. The van der Waals surface area contributed by atoms with E-state index >= 15 is 0 Å². The fraction of sp³-hybridized carbons (Fsp3) is 0.929. The molecule has 0 aromatic heterocycles. The van der Waals surface area contributed by atoms with Crippen molar-refractivity contribution in [3.05, 3.63) is 0 Å². The zero-order valence-corrected chi connectivity index (χ0v) is 10.7. The van der Waals surface area contributed by atoms with E-state index in [0.717, 1.165) is 24.2 Å². The van der Waals surface area contributed by atoms with Gasteiger partial charge in [0.1, 0.15) is 5.54 Å². The van der Waals surface area contributed by atoms with E-state index in [2.05, 4.69) is 11.5 Å². The van der Waals surface area contributed by atoms with Crippen molar-refractivity contribution in [2.75, 3.05) is 0 Å². The number of nitrogens with two attached hydrogens (primary N) is 1. The highest BCUT2D eigenvalue weighted by Crippen LogP contribution is 2.62. The lowest BCUT2D eigenvalue weighted by atomic mass is 9.48. The fourth-order valence-electron chi connectivity index (χ4n) is 5.38. The van der Waals surface area contributed by atoms with Crippen molar-refractivity contribution >= 4 is 0 Å². The molecule has 0 spiro atoms. The van der Waals surface area contributed by atoms with Gasteiger partial charge >= 0.3 is 0 Å². The summed E-state index contributed by atoms with van der Waals surface area (Å²) in [6.45, 7) is 1.95. The first-order valence-electron chi connectivity index (χ1n) is 6.95. The van der Waals surface area contributed by atoms with E-state index in [9.17, 15) is 5.26 Å². The van der Waals surface area contributed by atoms with Crippen LogP contribution in [0.4, 0.5) is 0 Å². The molecule has 1 atom stereocenters. The van der Waals surface area contributed by atoms with Crippen LogP contribution in [0.2, 0.25) is 0 Å². The second-order valence-electron chi connectivity index (χ2n) is 7.18. The Morgan fingerprint density at radius 3 is 2.06 bits per heavy atom. The van der Waals surface area contributed by atoms with Crippen LogP contribution in [-0.4, -0.2) is 5.54 Å². The highest BCUT2D eigenvalue weighted by Gasteiger charge is 2.52. The van der Waals surface area contributed by atoms with Crippen LogP contribution in [0.5, 0.6) is 0 Å². The first-order chi connectivity index (χ1) is 8.06. The third kappa shape index (κ3) is 1.88. The molecule has 0 radical (unpaired) electrons. The van der Waals surface area contributed by atoms with Gasteiger partial charge in [-0.25, -0.2) is 5.43 Å². The SMILES string of the molecule is CC(C#N)(CC12CC3CC(CC(C3)C1)C2)NN. The lowest BCUT2D eigenvalue weighted by Crippen LogP contribution is -2.54. The number of hydrogen-bond acceptors (Lipinski definition) is 3. The summed E-state index contributed by atoms with van der Waals surface area (Å²) >= 11 is 0. The summed E-state index contributed by atoms with van der Waals surface area (Å²) in [5, 5.41) is 9.29. The van der Waals surface area contributed by atoms with Gasteiger partial charge in [0.15, 0.2) is 0 Å². The Morgan fingerprint density at radius 2 is 1.71 bits per heavy atom. The van der Waals surface area contributed by atoms with Gasteiger partial charge in [-0.1, -0.05) is 0 Å². The van der Waals surface area contributed by atoms with E-state index in [-0.39, 0.29) is 0 Å². The molecule has 17 heavy (non-hydrogen) atoms. The van der Waals surface area contributed by atoms with Gasteiger partial charge in [-0.05, 0) is 75.0 Å². The maximum atomic E-state index is 9.29. The molecule has 4 aliphatic carbocycles. The molecule has 0 heterocycles. The molecule has 0 aromatic rings. The molecule has 0 aromatic carbocycles. The molecule has 0 amide bonds. The van der Waals surface area contributed by atoms with Gasteiger partial charge in [0.25, 0.3) is 0 Å².